The molecule has 0 radical (unpaired) electrons. The van der Waals surface area contributed by atoms with Crippen LogP contribution in [-0.2, 0) is 3.80 Å². The topological polar surface area (TPSA) is 17.1 Å². The molecule has 0 aromatic heterocycles. The summed E-state index contributed by atoms with van der Waals surface area (Å²) < 4.78 is 18.3. The monoisotopic (exact) mass is 90.0 g/mol. The maximum atomic E-state index is 10.1. The predicted octanol–water partition coefficient (Wildman–Crippen LogP) is 0.332. The van der Waals surface area contributed by atoms with Crippen molar-refractivity contribution >= 4 is 16.2 Å². The molecule has 0 aliphatic carbocycles. The number of hydrogen-bond acceptors (Lipinski definition) is 1. The van der Waals surface area contributed by atoms with Crippen LogP contribution >= 0.6 is 0 Å². The first-order valence-corrected chi connectivity index (χ1v) is 1.49. The Kier molecular flexibility index (Phi) is 63.8. The first-order valence-electron chi connectivity index (χ1n) is 0.915. The summed E-state index contributed by atoms with van der Waals surface area (Å²) in [6.45, 7) is 2.69. The zero-order valence-electron chi connectivity index (χ0n) is 2.78. The van der Waals surface area contributed by atoms with Gasteiger partial charge in [-0.1, -0.05) is 6.58 Å². The molecule has 0 heterocycles. The van der Waals surface area contributed by atoms with Gasteiger partial charge in [-0.05, 0) is 0 Å². The number of halogens is 1. The van der Waals surface area contributed by atoms with E-state index >= 15 is 0 Å². The first-order chi connectivity index (χ1) is 2.41. The second-order valence-corrected chi connectivity index (χ2v) is 0.154. The molecule has 0 aromatic carbocycles. The number of rotatable bonds is 0. The SMILES string of the molecule is C=CF.[O]=[AlH]. The molecule has 0 aliphatic rings. The van der Waals surface area contributed by atoms with E-state index in [9.17, 15) is 4.39 Å². The van der Waals surface area contributed by atoms with Gasteiger partial charge in [0.05, 0.1) is 6.33 Å². The quantitative estimate of drug-likeness (QED) is 0.392. The Hall–Kier alpha value is 0.00247. The molecule has 0 saturated carbocycles. The van der Waals surface area contributed by atoms with Crippen LogP contribution in [0.1, 0.15) is 0 Å². The summed E-state index contributed by atoms with van der Waals surface area (Å²) in [5.41, 5.74) is 0. The van der Waals surface area contributed by atoms with Crippen LogP contribution in [0.4, 0.5) is 4.39 Å². The zero-order valence-corrected chi connectivity index (χ0v) is 4.19. The molecule has 0 rings (SSSR count). The van der Waals surface area contributed by atoms with E-state index in [1.807, 2.05) is 0 Å². The Balaban J connectivity index is 0. The molecule has 0 amide bonds. The van der Waals surface area contributed by atoms with E-state index in [2.05, 4.69) is 6.58 Å². The van der Waals surface area contributed by atoms with E-state index < -0.39 is 0 Å². The molecule has 0 N–H and O–H groups in total. The van der Waals surface area contributed by atoms with Gasteiger partial charge in [0.2, 0.25) is 0 Å². The molecular formula is C2H4AlFO. The Morgan fingerprint density at radius 3 is 1.80 bits per heavy atom. The third-order valence-corrected chi connectivity index (χ3v) is 0. The minimum absolute atomic E-state index is 0.250. The van der Waals surface area contributed by atoms with E-state index in [1.165, 1.54) is 0 Å². The van der Waals surface area contributed by atoms with Gasteiger partial charge in [0, 0.05) is 0 Å². The molecule has 0 aromatic rings. The van der Waals surface area contributed by atoms with Crippen molar-refractivity contribution in [3.05, 3.63) is 12.9 Å². The molecule has 28 valence electrons. The second kappa shape index (κ2) is 35.9. The molecular weight excluding hydrogens is 86.0 g/mol. The van der Waals surface area contributed by atoms with E-state index in [0.717, 1.165) is 0 Å². The van der Waals surface area contributed by atoms with Gasteiger partial charge in [-0.2, -0.15) is 0 Å². The second-order valence-electron chi connectivity index (χ2n) is 0.154. The van der Waals surface area contributed by atoms with Crippen LogP contribution in [0.2, 0.25) is 0 Å². The van der Waals surface area contributed by atoms with E-state index in [4.69, 9.17) is 3.80 Å². The standard InChI is InChI=1S/C2H3F.Al.O.H/c1-2-3;;;/h2H,1H2;;;. The van der Waals surface area contributed by atoms with Gasteiger partial charge in [0.25, 0.3) is 0 Å². The fourth-order valence-corrected chi connectivity index (χ4v) is 0. The minimum atomic E-state index is 0.250. The molecule has 3 heteroatoms. The van der Waals surface area contributed by atoms with Crippen molar-refractivity contribution in [2.45, 2.75) is 0 Å². The van der Waals surface area contributed by atoms with E-state index in [1.54, 1.807) is 0 Å². The van der Waals surface area contributed by atoms with Gasteiger partial charge in [0.1, 0.15) is 0 Å². The zero-order chi connectivity index (χ0) is 4.71. The van der Waals surface area contributed by atoms with Crippen LogP contribution in [0.15, 0.2) is 12.9 Å². The Morgan fingerprint density at radius 2 is 1.80 bits per heavy atom. The Bertz CT molecular complexity index is 23.6. The van der Waals surface area contributed by atoms with Crippen molar-refractivity contribution in [2.24, 2.45) is 0 Å². The summed E-state index contributed by atoms with van der Waals surface area (Å²) in [7, 11) is 0. The first kappa shape index (κ1) is 8.89. The number of hydrogen-bond donors (Lipinski definition) is 0. The average Bonchev–Trinajstić information content (AvgIpc) is 1.46. The molecule has 0 atom stereocenters. The van der Waals surface area contributed by atoms with Crippen LogP contribution in [0.25, 0.3) is 0 Å². The fraction of sp³-hybridized carbons (Fsp3) is 0. The van der Waals surface area contributed by atoms with Crippen molar-refractivity contribution < 1.29 is 8.19 Å². The molecule has 0 saturated heterocycles. The van der Waals surface area contributed by atoms with Crippen LogP contribution in [0.3, 0.4) is 0 Å². The summed E-state index contributed by atoms with van der Waals surface area (Å²) in [4.78, 5) is 0. The maximum absolute atomic E-state index is 10.1. The molecule has 0 aliphatic heterocycles. The summed E-state index contributed by atoms with van der Waals surface area (Å²) in [6.07, 6.45) is 0.250. The van der Waals surface area contributed by atoms with Crippen molar-refractivity contribution in [3.63, 3.8) is 0 Å². The van der Waals surface area contributed by atoms with Gasteiger partial charge >= 0.3 is 20.0 Å². The summed E-state index contributed by atoms with van der Waals surface area (Å²) in [5, 5.41) is 0. The van der Waals surface area contributed by atoms with Crippen molar-refractivity contribution in [2.75, 3.05) is 0 Å². The van der Waals surface area contributed by atoms with E-state index in [0.29, 0.717) is 16.2 Å². The van der Waals surface area contributed by atoms with Gasteiger partial charge in [-0.15, -0.1) is 0 Å². The fourth-order valence-electron chi connectivity index (χ4n) is 0. The Morgan fingerprint density at radius 1 is 1.80 bits per heavy atom. The van der Waals surface area contributed by atoms with Crippen LogP contribution in [0.5, 0.6) is 0 Å². The van der Waals surface area contributed by atoms with Gasteiger partial charge < -0.3 is 0 Å². The summed E-state index contributed by atoms with van der Waals surface area (Å²) in [6, 6.07) is 0. The molecule has 0 fully saturated rings. The molecule has 5 heavy (non-hydrogen) atoms. The predicted molar refractivity (Wildman–Crippen MR) is 19.1 cm³/mol. The summed E-state index contributed by atoms with van der Waals surface area (Å²) >= 11 is 0.611. The molecule has 0 bridgehead atoms. The van der Waals surface area contributed by atoms with Gasteiger partial charge in [-0.3, -0.25) is 0 Å². The van der Waals surface area contributed by atoms with Crippen molar-refractivity contribution in [3.8, 4) is 0 Å². The third-order valence-electron chi connectivity index (χ3n) is 0. The van der Waals surface area contributed by atoms with Gasteiger partial charge in [0.15, 0.2) is 0 Å². The molecule has 1 nitrogen and oxygen atoms in total. The third kappa shape index (κ3) is 2640000. The van der Waals surface area contributed by atoms with Crippen LogP contribution < -0.4 is 0 Å². The molecule has 0 unspecified atom stereocenters. The normalized spacial score (nSPS) is 3.20. The van der Waals surface area contributed by atoms with Crippen molar-refractivity contribution in [1.29, 1.82) is 0 Å². The van der Waals surface area contributed by atoms with Crippen LogP contribution in [-0.4, -0.2) is 16.2 Å². The van der Waals surface area contributed by atoms with E-state index in [-0.39, 0.29) is 6.33 Å². The van der Waals surface area contributed by atoms with Crippen LogP contribution in [0, 0.1) is 0 Å². The molecule has 0 spiro atoms. The van der Waals surface area contributed by atoms with Gasteiger partial charge in [-0.25, -0.2) is 4.39 Å². The summed E-state index contributed by atoms with van der Waals surface area (Å²) in [5.74, 6) is 0. The Labute approximate surface area is 38.1 Å². The van der Waals surface area contributed by atoms with Crippen molar-refractivity contribution in [1.82, 2.24) is 0 Å². The average molecular weight is 90.0 g/mol.